The van der Waals surface area contributed by atoms with E-state index in [0.29, 0.717) is 34.1 Å². The SMILES string of the molecule is COc1cc(-c2ccc3c(O)n(-c4ccc(N5CCC(CCO)C5)nc4)cc3n2)cnc1OC. The molecule has 1 unspecified atom stereocenters. The maximum Gasteiger partial charge on any atom is 0.256 e. The molecule has 1 aliphatic rings. The molecule has 1 atom stereocenters. The topological polar surface area (TPSA) is 106 Å². The van der Waals surface area contributed by atoms with Crippen LogP contribution in [-0.4, -0.2) is 63.6 Å². The van der Waals surface area contributed by atoms with E-state index in [1.807, 2.05) is 30.3 Å². The molecule has 5 heterocycles. The lowest BCUT2D eigenvalue weighted by Crippen LogP contribution is -2.21. The van der Waals surface area contributed by atoms with Crippen LogP contribution in [0.15, 0.2) is 48.9 Å². The average molecular weight is 462 g/mol. The Morgan fingerprint density at radius 3 is 2.71 bits per heavy atom. The van der Waals surface area contributed by atoms with E-state index >= 15 is 0 Å². The van der Waals surface area contributed by atoms with Gasteiger partial charge >= 0.3 is 0 Å². The smallest absolute Gasteiger partial charge is 0.256 e. The summed E-state index contributed by atoms with van der Waals surface area (Å²) >= 11 is 0. The van der Waals surface area contributed by atoms with Gasteiger partial charge in [-0.25, -0.2) is 15.0 Å². The molecular formula is C25H27N5O4. The Hall–Kier alpha value is -3.85. The number of hydrogen-bond acceptors (Lipinski definition) is 8. The third kappa shape index (κ3) is 3.99. The molecule has 9 nitrogen and oxygen atoms in total. The van der Waals surface area contributed by atoms with Crippen LogP contribution in [0.1, 0.15) is 12.8 Å². The third-order valence-electron chi connectivity index (χ3n) is 6.33. The van der Waals surface area contributed by atoms with Crippen LogP contribution in [-0.2, 0) is 0 Å². The highest BCUT2D eigenvalue weighted by Crippen LogP contribution is 2.34. The first-order valence-electron chi connectivity index (χ1n) is 11.2. The standard InChI is InChI=1S/C25H27N5O4/c1-33-22-11-17(12-27-24(22)34-2)20-5-4-19-21(28-20)15-30(25(19)32)18-3-6-23(26-13-18)29-9-7-16(14-29)8-10-31/h3-6,11-13,15-16,31-32H,7-10,14H2,1-2H3. The zero-order valence-corrected chi connectivity index (χ0v) is 19.2. The molecule has 1 saturated heterocycles. The molecule has 0 saturated carbocycles. The molecule has 9 heteroatoms. The van der Waals surface area contributed by atoms with Gasteiger partial charge in [-0.3, -0.25) is 4.57 Å². The number of nitrogens with zero attached hydrogens (tertiary/aromatic N) is 5. The lowest BCUT2D eigenvalue weighted by atomic mass is 10.1. The molecule has 0 amide bonds. The van der Waals surface area contributed by atoms with Crippen molar-refractivity contribution in [3.63, 3.8) is 0 Å². The summed E-state index contributed by atoms with van der Waals surface area (Å²) in [6.45, 7) is 2.07. The number of hydrogen-bond donors (Lipinski definition) is 2. The summed E-state index contributed by atoms with van der Waals surface area (Å²) in [5, 5.41) is 20.7. The maximum atomic E-state index is 10.8. The minimum atomic E-state index is 0.109. The molecule has 0 bridgehead atoms. The lowest BCUT2D eigenvalue weighted by molar-refractivity contribution is 0.263. The minimum Gasteiger partial charge on any atom is -0.494 e. The summed E-state index contributed by atoms with van der Waals surface area (Å²) in [5.74, 6) is 2.45. The van der Waals surface area contributed by atoms with E-state index in [4.69, 9.17) is 14.5 Å². The van der Waals surface area contributed by atoms with Gasteiger partial charge in [-0.05, 0) is 49.1 Å². The van der Waals surface area contributed by atoms with Gasteiger partial charge < -0.3 is 24.6 Å². The van der Waals surface area contributed by atoms with E-state index in [1.54, 1.807) is 37.4 Å². The second-order valence-electron chi connectivity index (χ2n) is 8.38. The first kappa shape index (κ1) is 22.0. The number of anilines is 1. The van der Waals surface area contributed by atoms with Crippen LogP contribution in [0.4, 0.5) is 5.82 Å². The molecule has 1 aliphatic heterocycles. The van der Waals surface area contributed by atoms with Gasteiger partial charge in [-0.1, -0.05) is 0 Å². The van der Waals surface area contributed by atoms with Crippen molar-refractivity contribution in [1.82, 2.24) is 19.5 Å². The largest absolute Gasteiger partial charge is 0.494 e. The highest BCUT2D eigenvalue weighted by atomic mass is 16.5. The predicted octanol–water partition coefficient (Wildman–Crippen LogP) is 3.41. The summed E-state index contributed by atoms with van der Waals surface area (Å²) in [6, 6.07) is 9.41. The third-order valence-corrected chi connectivity index (χ3v) is 6.33. The second kappa shape index (κ2) is 9.18. The number of aliphatic hydroxyl groups is 1. The van der Waals surface area contributed by atoms with Gasteiger partial charge in [-0.15, -0.1) is 0 Å². The summed E-state index contributed by atoms with van der Waals surface area (Å²) in [5.41, 5.74) is 2.89. The van der Waals surface area contributed by atoms with Crippen molar-refractivity contribution in [2.45, 2.75) is 12.8 Å². The van der Waals surface area contributed by atoms with Crippen LogP contribution in [0.25, 0.3) is 27.8 Å². The normalized spacial score (nSPS) is 15.7. The summed E-state index contributed by atoms with van der Waals surface area (Å²) in [7, 11) is 3.11. The molecule has 176 valence electrons. The van der Waals surface area contributed by atoms with E-state index in [2.05, 4.69) is 14.9 Å². The Kier molecular flexibility index (Phi) is 5.93. The van der Waals surface area contributed by atoms with E-state index in [0.717, 1.165) is 43.0 Å². The van der Waals surface area contributed by atoms with Gasteiger partial charge in [0.2, 0.25) is 5.88 Å². The van der Waals surface area contributed by atoms with Crippen molar-refractivity contribution < 1.29 is 19.7 Å². The van der Waals surface area contributed by atoms with Crippen molar-refractivity contribution in [2.75, 3.05) is 38.8 Å². The fourth-order valence-electron chi connectivity index (χ4n) is 4.47. The molecule has 4 aromatic rings. The van der Waals surface area contributed by atoms with Gasteiger partial charge in [0.05, 0.1) is 42.7 Å². The van der Waals surface area contributed by atoms with E-state index < -0.39 is 0 Å². The summed E-state index contributed by atoms with van der Waals surface area (Å²) in [6.07, 6.45) is 7.13. The van der Waals surface area contributed by atoms with Gasteiger partial charge in [0, 0.05) is 37.7 Å². The first-order valence-corrected chi connectivity index (χ1v) is 11.2. The summed E-state index contributed by atoms with van der Waals surface area (Å²) < 4.78 is 12.2. The number of aromatic nitrogens is 4. The van der Waals surface area contributed by atoms with Gasteiger partial charge in [-0.2, -0.15) is 0 Å². The number of aliphatic hydroxyl groups excluding tert-OH is 1. The molecule has 5 rings (SSSR count). The Balaban J connectivity index is 1.42. The zero-order valence-electron chi connectivity index (χ0n) is 19.2. The van der Waals surface area contributed by atoms with E-state index in [1.165, 1.54) is 0 Å². The number of fused-ring (bicyclic) bond motifs is 1. The lowest BCUT2D eigenvalue weighted by Gasteiger charge is -2.17. The van der Waals surface area contributed by atoms with Crippen LogP contribution in [0.2, 0.25) is 0 Å². The fourth-order valence-corrected chi connectivity index (χ4v) is 4.47. The van der Waals surface area contributed by atoms with Crippen LogP contribution in [0.5, 0.6) is 17.5 Å². The molecule has 0 radical (unpaired) electrons. The number of ether oxygens (including phenoxy) is 2. The molecule has 34 heavy (non-hydrogen) atoms. The number of aromatic hydroxyl groups is 1. The van der Waals surface area contributed by atoms with Crippen LogP contribution in [0, 0.1) is 5.92 Å². The summed E-state index contributed by atoms with van der Waals surface area (Å²) in [4.78, 5) is 15.9. The zero-order chi connectivity index (χ0) is 23.7. The molecule has 2 N–H and O–H groups in total. The minimum absolute atomic E-state index is 0.109. The van der Waals surface area contributed by atoms with Crippen molar-refractivity contribution >= 4 is 16.7 Å². The van der Waals surface area contributed by atoms with Crippen LogP contribution < -0.4 is 14.4 Å². The van der Waals surface area contributed by atoms with E-state index in [9.17, 15) is 10.2 Å². The highest BCUT2D eigenvalue weighted by Gasteiger charge is 2.23. The van der Waals surface area contributed by atoms with Crippen molar-refractivity contribution in [3.05, 3.63) is 48.9 Å². The molecule has 0 aliphatic carbocycles. The fraction of sp³-hybridized carbons (Fsp3) is 0.320. The highest BCUT2D eigenvalue weighted by molar-refractivity contribution is 5.87. The van der Waals surface area contributed by atoms with Crippen LogP contribution in [0.3, 0.4) is 0 Å². The van der Waals surface area contributed by atoms with Crippen LogP contribution >= 0.6 is 0 Å². The molecule has 1 fully saturated rings. The Labute approximate surface area is 197 Å². The molecule has 0 aromatic carbocycles. The average Bonchev–Trinajstić information content (AvgIpc) is 3.48. The van der Waals surface area contributed by atoms with Crippen molar-refractivity contribution in [2.24, 2.45) is 5.92 Å². The Morgan fingerprint density at radius 1 is 1.09 bits per heavy atom. The molecular weight excluding hydrogens is 434 g/mol. The van der Waals surface area contributed by atoms with Crippen molar-refractivity contribution in [1.29, 1.82) is 0 Å². The van der Waals surface area contributed by atoms with Gasteiger partial charge in [0.25, 0.3) is 5.88 Å². The first-order chi connectivity index (χ1) is 16.6. The Bertz CT molecular complexity index is 1300. The quantitative estimate of drug-likeness (QED) is 0.431. The number of rotatable bonds is 7. The van der Waals surface area contributed by atoms with Gasteiger partial charge in [0.1, 0.15) is 5.82 Å². The number of pyridine rings is 3. The van der Waals surface area contributed by atoms with E-state index in [-0.39, 0.29) is 12.5 Å². The Morgan fingerprint density at radius 2 is 1.97 bits per heavy atom. The maximum absolute atomic E-state index is 10.8. The second-order valence-corrected chi connectivity index (χ2v) is 8.38. The predicted molar refractivity (Wildman–Crippen MR) is 129 cm³/mol. The monoisotopic (exact) mass is 461 g/mol. The van der Waals surface area contributed by atoms with Crippen molar-refractivity contribution in [3.8, 4) is 34.5 Å². The molecule has 4 aromatic heterocycles. The molecule has 0 spiro atoms. The van der Waals surface area contributed by atoms with Gasteiger partial charge in [0.15, 0.2) is 5.75 Å². The number of methoxy groups -OCH3 is 2.